The Morgan fingerprint density at radius 2 is 1.71 bits per heavy atom. The Kier molecular flexibility index (Phi) is 5.57. The second-order valence-electron chi connectivity index (χ2n) is 10.0. The summed E-state index contributed by atoms with van der Waals surface area (Å²) in [5, 5.41) is 0. The van der Waals surface area contributed by atoms with Crippen LogP contribution in [0.2, 0.25) is 0 Å². The molecule has 0 radical (unpaired) electrons. The smallest absolute Gasteiger partial charge is 0.321 e. The minimum Gasteiger partial charge on any atom is -0.321 e. The van der Waals surface area contributed by atoms with Crippen LogP contribution in [0.5, 0.6) is 0 Å². The summed E-state index contributed by atoms with van der Waals surface area (Å²) >= 11 is 0. The number of pyridine rings is 2. The summed E-state index contributed by atoms with van der Waals surface area (Å²) in [4.78, 5) is 21.9. The Morgan fingerprint density at radius 3 is 2.29 bits per heavy atom. The number of aryl methyl sites for hydroxylation is 1. The molecule has 3 aromatic heterocycles. The Hall–Kier alpha value is -3.47. The molecular formula is C27H25F3N4O3S. The normalized spacial score (nSPS) is 16.3. The number of imidazole rings is 1. The van der Waals surface area contributed by atoms with Gasteiger partial charge in [-0.05, 0) is 54.9 Å². The SMILES string of the molecule is CCS(=O)(=O)c1cc(-c2ccc(C3CC3)cc2)cnc1-c1nc2cc(C(F)(F)F)n(C3CC3)c(=O)c2n1C. The van der Waals surface area contributed by atoms with Crippen LogP contribution in [0.15, 0.2) is 52.3 Å². The highest BCUT2D eigenvalue weighted by Gasteiger charge is 2.40. The summed E-state index contributed by atoms with van der Waals surface area (Å²) in [6.45, 7) is 1.51. The van der Waals surface area contributed by atoms with Crippen LogP contribution in [-0.2, 0) is 23.1 Å². The summed E-state index contributed by atoms with van der Waals surface area (Å²) in [5.74, 6) is 0.393. The van der Waals surface area contributed by atoms with Gasteiger partial charge in [-0.3, -0.25) is 14.3 Å². The lowest BCUT2D eigenvalue weighted by molar-refractivity contribution is -0.144. The number of aromatic nitrogens is 4. The van der Waals surface area contributed by atoms with Crippen molar-refractivity contribution in [2.45, 2.75) is 55.6 Å². The molecule has 6 rings (SSSR count). The number of hydrogen-bond acceptors (Lipinski definition) is 5. The zero-order valence-corrected chi connectivity index (χ0v) is 21.6. The summed E-state index contributed by atoms with van der Waals surface area (Å²) in [7, 11) is -2.31. The highest BCUT2D eigenvalue weighted by molar-refractivity contribution is 7.91. The molecule has 2 aliphatic carbocycles. The molecule has 0 atom stereocenters. The first-order valence-corrected chi connectivity index (χ1v) is 14.2. The van der Waals surface area contributed by atoms with E-state index in [-0.39, 0.29) is 33.2 Å². The van der Waals surface area contributed by atoms with Crippen molar-refractivity contribution in [3.05, 3.63) is 64.2 Å². The Bertz CT molecular complexity index is 1750. The van der Waals surface area contributed by atoms with Crippen molar-refractivity contribution in [3.8, 4) is 22.6 Å². The van der Waals surface area contributed by atoms with Crippen molar-refractivity contribution >= 4 is 20.9 Å². The van der Waals surface area contributed by atoms with E-state index < -0.39 is 33.3 Å². The van der Waals surface area contributed by atoms with Gasteiger partial charge in [-0.15, -0.1) is 0 Å². The molecule has 0 amide bonds. The molecule has 1 aromatic carbocycles. The summed E-state index contributed by atoms with van der Waals surface area (Å²) in [5.41, 5.74) is 0.599. The van der Waals surface area contributed by atoms with Crippen LogP contribution in [0.4, 0.5) is 13.2 Å². The summed E-state index contributed by atoms with van der Waals surface area (Å²) in [6, 6.07) is 9.80. The Labute approximate surface area is 216 Å². The topological polar surface area (TPSA) is 86.8 Å². The van der Waals surface area contributed by atoms with Crippen LogP contribution in [0.25, 0.3) is 33.7 Å². The van der Waals surface area contributed by atoms with Crippen molar-refractivity contribution in [2.75, 3.05) is 5.75 Å². The van der Waals surface area contributed by atoms with Gasteiger partial charge >= 0.3 is 6.18 Å². The third kappa shape index (κ3) is 4.13. The van der Waals surface area contributed by atoms with Crippen molar-refractivity contribution in [1.29, 1.82) is 0 Å². The molecule has 198 valence electrons. The molecule has 2 saturated carbocycles. The fourth-order valence-electron chi connectivity index (χ4n) is 4.95. The number of rotatable bonds is 6. The van der Waals surface area contributed by atoms with E-state index >= 15 is 0 Å². The van der Waals surface area contributed by atoms with Gasteiger partial charge in [0.05, 0.1) is 16.2 Å². The van der Waals surface area contributed by atoms with Crippen molar-refractivity contribution in [1.82, 2.24) is 19.1 Å². The van der Waals surface area contributed by atoms with E-state index in [9.17, 15) is 26.4 Å². The molecule has 4 aromatic rings. The first-order chi connectivity index (χ1) is 18.0. The van der Waals surface area contributed by atoms with Crippen LogP contribution in [0, 0.1) is 0 Å². The average molecular weight is 543 g/mol. The zero-order chi connectivity index (χ0) is 27.0. The highest BCUT2D eigenvalue weighted by Crippen LogP contribution is 2.42. The molecule has 38 heavy (non-hydrogen) atoms. The molecule has 0 saturated heterocycles. The quantitative estimate of drug-likeness (QED) is 0.322. The number of alkyl halides is 3. The number of fused-ring (bicyclic) bond motifs is 1. The number of sulfone groups is 1. The van der Waals surface area contributed by atoms with Gasteiger partial charge in [-0.25, -0.2) is 13.4 Å². The maximum atomic E-state index is 13.8. The first-order valence-electron chi connectivity index (χ1n) is 12.5. The fourth-order valence-corrected chi connectivity index (χ4v) is 6.00. The maximum Gasteiger partial charge on any atom is 0.431 e. The summed E-state index contributed by atoms with van der Waals surface area (Å²) in [6.07, 6.45) is 0.106. The van der Waals surface area contributed by atoms with Crippen LogP contribution >= 0.6 is 0 Å². The van der Waals surface area contributed by atoms with Gasteiger partial charge in [0.25, 0.3) is 5.56 Å². The zero-order valence-electron chi connectivity index (χ0n) is 20.8. The summed E-state index contributed by atoms with van der Waals surface area (Å²) < 4.78 is 70.0. The first kappa shape index (κ1) is 24.8. The molecule has 3 heterocycles. The molecule has 11 heteroatoms. The predicted octanol–water partition coefficient (Wildman–Crippen LogP) is 5.49. The van der Waals surface area contributed by atoms with Crippen molar-refractivity contribution in [2.24, 2.45) is 7.05 Å². The van der Waals surface area contributed by atoms with E-state index in [1.807, 2.05) is 24.3 Å². The van der Waals surface area contributed by atoms with E-state index in [0.717, 1.165) is 16.2 Å². The largest absolute Gasteiger partial charge is 0.431 e. The molecule has 0 bridgehead atoms. The van der Waals surface area contributed by atoms with E-state index in [0.29, 0.717) is 24.3 Å². The molecule has 0 unspecified atom stereocenters. The molecule has 0 aliphatic heterocycles. The van der Waals surface area contributed by atoms with Gasteiger partial charge in [0, 0.05) is 24.8 Å². The second kappa shape index (κ2) is 8.52. The molecule has 0 spiro atoms. The lowest BCUT2D eigenvalue weighted by atomic mass is 10.0. The molecule has 2 aliphatic rings. The Balaban J connectivity index is 1.54. The van der Waals surface area contributed by atoms with Crippen LogP contribution in [0.3, 0.4) is 0 Å². The van der Waals surface area contributed by atoms with E-state index in [4.69, 9.17) is 0 Å². The standard InChI is InChI=1S/C27H25F3N4O3S/c1-3-38(36,37)21-12-18(17-8-6-16(7-9-17)15-4-5-15)14-31-23(21)25-32-20-13-22(27(28,29)30)34(19-10-11-19)26(35)24(20)33(25)2/h6-9,12-15,19H,3-5,10-11H2,1-2H3. The van der Waals surface area contributed by atoms with Crippen molar-refractivity contribution in [3.63, 3.8) is 0 Å². The van der Waals surface area contributed by atoms with Gasteiger partial charge in [0.1, 0.15) is 16.9 Å². The van der Waals surface area contributed by atoms with Gasteiger partial charge in [0.2, 0.25) is 0 Å². The minimum absolute atomic E-state index is 0.00479. The van der Waals surface area contributed by atoms with Crippen LogP contribution in [0.1, 0.15) is 55.8 Å². The number of nitrogens with zero attached hydrogens (tertiary/aromatic N) is 4. The van der Waals surface area contributed by atoms with E-state index in [1.165, 1.54) is 49.2 Å². The third-order valence-electron chi connectivity index (χ3n) is 7.35. The van der Waals surface area contributed by atoms with Gasteiger partial charge < -0.3 is 4.57 Å². The van der Waals surface area contributed by atoms with E-state index in [1.54, 1.807) is 0 Å². The molecule has 7 nitrogen and oxygen atoms in total. The highest BCUT2D eigenvalue weighted by atomic mass is 32.2. The maximum absolute atomic E-state index is 13.8. The van der Waals surface area contributed by atoms with Gasteiger partial charge in [0.15, 0.2) is 15.7 Å². The average Bonchev–Trinajstić information content (AvgIpc) is 3.81. The molecular weight excluding hydrogens is 517 g/mol. The minimum atomic E-state index is -4.74. The second-order valence-corrected chi connectivity index (χ2v) is 12.3. The van der Waals surface area contributed by atoms with Crippen molar-refractivity contribution < 1.29 is 21.6 Å². The predicted molar refractivity (Wildman–Crippen MR) is 137 cm³/mol. The number of hydrogen-bond donors (Lipinski definition) is 0. The number of halogens is 3. The van der Waals surface area contributed by atoms with Crippen LogP contribution < -0.4 is 5.56 Å². The van der Waals surface area contributed by atoms with Gasteiger partial charge in [-0.2, -0.15) is 13.2 Å². The van der Waals surface area contributed by atoms with Crippen LogP contribution in [-0.4, -0.2) is 33.3 Å². The monoisotopic (exact) mass is 542 g/mol. The van der Waals surface area contributed by atoms with E-state index in [2.05, 4.69) is 9.97 Å². The lowest BCUT2D eigenvalue weighted by Gasteiger charge is -2.15. The lowest BCUT2D eigenvalue weighted by Crippen LogP contribution is -2.28. The van der Waals surface area contributed by atoms with Gasteiger partial charge in [-0.1, -0.05) is 31.2 Å². The molecule has 0 N–H and O–H groups in total. The fraction of sp³-hybridized carbons (Fsp3) is 0.370. The Morgan fingerprint density at radius 1 is 1.03 bits per heavy atom. The number of benzene rings is 1. The third-order valence-corrected chi connectivity index (χ3v) is 9.09. The molecule has 2 fully saturated rings.